The van der Waals surface area contributed by atoms with Gasteiger partial charge in [-0.3, -0.25) is 5.41 Å². The summed E-state index contributed by atoms with van der Waals surface area (Å²) in [6.45, 7) is 5.53. The van der Waals surface area contributed by atoms with Crippen LogP contribution in [0.3, 0.4) is 0 Å². The third-order valence-electron chi connectivity index (χ3n) is 2.37. The van der Waals surface area contributed by atoms with Crippen molar-refractivity contribution in [2.75, 3.05) is 6.61 Å². The average molecular weight is 223 g/mol. The number of rotatable bonds is 3. The van der Waals surface area contributed by atoms with Crippen molar-refractivity contribution in [1.82, 2.24) is 0 Å². The molecule has 0 unspecified atom stereocenters. The van der Waals surface area contributed by atoms with Crippen molar-refractivity contribution < 1.29 is 14.9 Å². The fraction of sp³-hybridized carbons (Fsp3) is 0.417. The first-order valence-electron chi connectivity index (χ1n) is 5.14. The molecule has 0 bridgehead atoms. The minimum absolute atomic E-state index is 0.229. The van der Waals surface area contributed by atoms with Crippen molar-refractivity contribution in [2.24, 2.45) is 0 Å². The second-order valence-corrected chi connectivity index (χ2v) is 3.75. The van der Waals surface area contributed by atoms with Gasteiger partial charge >= 0.3 is 0 Å². The predicted octanol–water partition coefficient (Wildman–Crippen LogP) is 1.45. The molecule has 3 N–H and O–H groups in total. The van der Waals surface area contributed by atoms with Crippen LogP contribution in [0.5, 0.6) is 0 Å². The third kappa shape index (κ3) is 2.40. The molecular weight excluding hydrogens is 206 g/mol. The maximum absolute atomic E-state index is 9.90. The van der Waals surface area contributed by atoms with E-state index in [2.05, 4.69) is 0 Å². The molecule has 0 aliphatic rings. The summed E-state index contributed by atoms with van der Waals surface area (Å²) in [4.78, 5) is 0. The second kappa shape index (κ2) is 4.63. The minimum Gasteiger partial charge on any atom is -0.477 e. The fourth-order valence-electron chi connectivity index (χ4n) is 1.48. The molecule has 0 atom stereocenters. The van der Waals surface area contributed by atoms with Crippen LogP contribution in [-0.4, -0.2) is 22.7 Å². The highest BCUT2D eigenvalue weighted by molar-refractivity contribution is 5.82. The molecule has 16 heavy (non-hydrogen) atoms. The van der Waals surface area contributed by atoms with E-state index >= 15 is 0 Å². The summed E-state index contributed by atoms with van der Waals surface area (Å²) in [5.41, 5.74) is 1.89. The van der Waals surface area contributed by atoms with Gasteiger partial charge in [-0.05, 0) is 32.4 Å². The maximum atomic E-state index is 9.90. The van der Waals surface area contributed by atoms with Crippen molar-refractivity contribution in [3.8, 4) is 0 Å². The van der Waals surface area contributed by atoms with Crippen molar-refractivity contribution in [3.05, 3.63) is 34.9 Å². The lowest BCUT2D eigenvalue weighted by Crippen LogP contribution is -2.37. The quantitative estimate of drug-likeness (QED) is 0.412. The Kier molecular flexibility index (Phi) is 3.67. The van der Waals surface area contributed by atoms with E-state index in [1.807, 2.05) is 13.0 Å². The Morgan fingerprint density at radius 3 is 2.56 bits per heavy atom. The zero-order valence-corrected chi connectivity index (χ0v) is 9.74. The second-order valence-electron chi connectivity index (χ2n) is 3.75. The summed E-state index contributed by atoms with van der Waals surface area (Å²) in [5, 5.41) is 27.3. The van der Waals surface area contributed by atoms with Crippen LogP contribution in [0.4, 0.5) is 0 Å². The average Bonchev–Trinajstić information content (AvgIpc) is 2.22. The van der Waals surface area contributed by atoms with Gasteiger partial charge in [-0.15, -0.1) is 0 Å². The summed E-state index contributed by atoms with van der Waals surface area (Å²) in [6, 6.07) is 5.30. The van der Waals surface area contributed by atoms with Gasteiger partial charge in [0.1, 0.15) is 0 Å². The van der Waals surface area contributed by atoms with E-state index < -0.39 is 11.7 Å². The van der Waals surface area contributed by atoms with E-state index in [1.165, 1.54) is 0 Å². The Morgan fingerprint density at radius 1 is 1.38 bits per heavy atom. The van der Waals surface area contributed by atoms with Gasteiger partial charge in [-0.1, -0.05) is 17.7 Å². The van der Waals surface area contributed by atoms with Crippen LogP contribution < -0.4 is 0 Å². The lowest BCUT2D eigenvalue weighted by Gasteiger charge is -2.24. The molecule has 4 nitrogen and oxygen atoms in total. The molecule has 0 saturated carbocycles. The molecule has 1 rings (SSSR count). The monoisotopic (exact) mass is 223 g/mol. The Bertz CT molecular complexity index is 399. The molecule has 0 amide bonds. The molecule has 0 aliphatic carbocycles. The van der Waals surface area contributed by atoms with E-state index in [1.54, 1.807) is 26.0 Å². The van der Waals surface area contributed by atoms with E-state index in [0.29, 0.717) is 5.56 Å². The third-order valence-corrected chi connectivity index (χ3v) is 2.37. The smallest absolute Gasteiger partial charge is 0.269 e. The van der Waals surface area contributed by atoms with Crippen LogP contribution in [0.1, 0.15) is 23.6 Å². The molecule has 0 aromatic heterocycles. The topological polar surface area (TPSA) is 73.5 Å². The number of nitrogens with one attached hydrogen (secondary N) is 1. The van der Waals surface area contributed by atoms with E-state index in [9.17, 15) is 10.2 Å². The Hall–Kier alpha value is -1.39. The minimum atomic E-state index is -2.36. The van der Waals surface area contributed by atoms with Gasteiger partial charge in [-0.25, -0.2) is 0 Å². The highest BCUT2D eigenvalue weighted by Gasteiger charge is 2.35. The van der Waals surface area contributed by atoms with Gasteiger partial charge in [-0.2, -0.15) is 0 Å². The van der Waals surface area contributed by atoms with Crippen LogP contribution >= 0.6 is 0 Å². The SMILES string of the molecule is CCOC(=N)C(O)(O)c1cc(C)ccc1C. The molecule has 0 saturated heterocycles. The Balaban J connectivity index is 3.15. The van der Waals surface area contributed by atoms with Gasteiger partial charge in [0.2, 0.25) is 5.90 Å². The predicted molar refractivity (Wildman–Crippen MR) is 61.4 cm³/mol. The van der Waals surface area contributed by atoms with Gasteiger partial charge < -0.3 is 14.9 Å². The first kappa shape index (κ1) is 12.7. The molecule has 0 fully saturated rings. The van der Waals surface area contributed by atoms with E-state index in [0.717, 1.165) is 5.56 Å². The molecule has 1 aromatic rings. The summed E-state index contributed by atoms with van der Waals surface area (Å²) in [7, 11) is 0. The standard InChI is InChI=1S/C12H17NO3/c1-4-16-11(13)12(14,15)10-7-8(2)5-6-9(10)3/h5-7,13-15H,4H2,1-3H3. The number of benzene rings is 1. The molecule has 0 radical (unpaired) electrons. The zero-order valence-electron chi connectivity index (χ0n) is 9.74. The Morgan fingerprint density at radius 2 is 2.00 bits per heavy atom. The van der Waals surface area contributed by atoms with E-state index in [4.69, 9.17) is 10.1 Å². The first-order valence-corrected chi connectivity index (χ1v) is 5.14. The molecule has 88 valence electrons. The van der Waals surface area contributed by atoms with Crippen LogP contribution in [0, 0.1) is 19.3 Å². The van der Waals surface area contributed by atoms with Gasteiger partial charge in [0, 0.05) is 5.56 Å². The summed E-state index contributed by atoms with van der Waals surface area (Å²) < 4.78 is 4.84. The van der Waals surface area contributed by atoms with Crippen LogP contribution in [0.25, 0.3) is 0 Å². The van der Waals surface area contributed by atoms with Crippen molar-refractivity contribution in [1.29, 1.82) is 5.41 Å². The van der Waals surface area contributed by atoms with Gasteiger partial charge in [0.25, 0.3) is 5.79 Å². The highest BCUT2D eigenvalue weighted by Crippen LogP contribution is 2.24. The number of ether oxygens (including phenoxy) is 1. The normalized spacial score (nSPS) is 11.3. The fourth-order valence-corrected chi connectivity index (χ4v) is 1.48. The molecule has 0 heterocycles. The maximum Gasteiger partial charge on any atom is 0.269 e. The lowest BCUT2D eigenvalue weighted by molar-refractivity contribution is -0.122. The molecule has 0 spiro atoms. The number of hydrogen-bond donors (Lipinski definition) is 3. The molecule has 1 aromatic carbocycles. The number of aliphatic hydroxyl groups is 2. The van der Waals surface area contributed by atoms with Crippen molar-refractivity contribution in [2.45, 2.75) is 26.6 Å². The summed E-state index contributed by atoms with van der Waals surface area (Å²) in [5.74, 6) is -2.91. The van der Waals surface area contributed by atoms with Gasteiger partial charge in [0.15, 0.2) is 0 Å². The summed E-state index contributed by atoms with van der Waals surface area (Å²) in [6.07, 6.45) is 0. The first-order chi connectivity index (χ1) is 7.39. The largest absolute Gasteiger partial charge is 0.477 e. The molecule has 4 heteroatoms. The lowest BCUT2D eigenvalue weighted by atomic mass is 9.98. The number of aryl methyl sites for hydroxylation is 2. The van der Waals surface area contributed by atoms with Crippen LogP contribution in [0.15, 0.2) is 18.2 Å². The van der Waals surface area contributed by atoms with Crippen molar-refractivity contribution in [3.63, 3.8) is 0 Å². The van der Waals surface area contributed by atoms with E-state index in [-0.39, 0.29) is 12.2 Å². The van der Waals surface area contributed by atoms with Crippen LogP contribution in [-0.2, 0) is 10.5 Å². The summed E-state index contributed by atoms with van der Waals surface area (Å²) >= 11 is 0. The molecule has 0 aliphatic heterocycles. The molecular formula is C12H17NO3. The number of hydrogen-bond acceptors (Lipinski definition) is 4. The van der Waals surface area contributed by atoms with Crippen LogP contribution in [0.2, 0.25) is 0 Å². The van der Waals surface area contributed by atoms with Crippen molar-refractivity contribution >= 4 is 5.90 Å². The highest BCUT2D eigenvalue weighted by atomic mass is 16.6. The Labute approximate surface area is 95.0 Å². The van der Waals surface area contributed by atoms with Gasteiger partial charge in [0.05, 0.1) is 6.61 Å². The zero-order chi connectivity index (χ0) is 12.3.